The number of allylic oxidation sites excluding steroid dienone is 2. The third-order valence-corrected chi connectivity index (χ3v) is 32.5. The number of hydroxylamine groups is 1. The van der Waals surface area contributed by atoms with Crippen LogP contribution in [0.15, 0.2) is 48.1 Å². The predicted molar refractivity (Wildman–Crippen MR) is 545 cm³/mol. The molecule has 5 heterocycles. The number of carbonyl (C=O) groups excluding carboxylic acids is 11. The minimum absolute atomic E-state index is 0.0359. The van der Waals surface area contributed by atoms with E-state index in [1.54, 1.807) is 101 Å². The number of aliphatic carboxylic acids is 1. The summed E-state index contributed by atoms with van der Waals surface area (Å²) in [5.74, 6) is 2.06. The quantitative estimate of drug-likeness (QED) is 0.00800. The van der Waals surface area contributed by atoms with Crippen LogP contribution in [-0.2, 0) is 107 Å². The Labute approximate surface area is 881 Å². The van der Waals surface area contributed by atoms with E-state index >= 15 is 0 Å². The highest BCUT2D eigenvalue weighted by molar-refractivity contribution is 14.1. The number of nitrogens with two attached hydrogens (primary N) is 1. The van der Waals surface area contributed by atoms with Crippen molar-refractivity contribution in [3.05, 3.63) is 68.3 Å². The minimum atomic E-state index is -4.38. The Hall–Kier alpha value is -8.83. The van der Waals surface area contributed by atoms with E-state index in [9.17, 15) is 101 Å². The minimum Gasteiger partial charge on any atom is -0.492 e. The molecular formula is C97H141IN10O35S4. The van der Waals surface area contributed by atoms with Gasteiger partial charge in [-0.25, -0.2) is 14.4 Å². The maximum atomic E-state index is 15.0. The summed E-state index contributed by atoms with van der Waals surface area (Å²) in [6.45, 7) is 19.0. The van der Waals surface area contributed by atoms with Crippen LogP contribution in [0.4, 0.5) is 20.1 Å². The fraction of sp³-hybridized carbons (Fsp3) is 0.670. The highest BCUT2D eigenvalue weighted by Gasteiger charge is 2.57. The number of nitrogens with one attached hydrogen (secondary N) is 7. The Balaban J connectivity index is 1.01. The lowest BCUT2D eigenvalue weighted by molar-refractivity contribution is -0.340. The van der Waals surface area contributed by atoms with Crippen molar-refractivity contribution < 1.29 is 168 Å². The van der Waals surface area contributed by atoms with Gasteiger partial charge in [0.05, 0.1) is 108 Å². The zero-order valence-electron chi connectivity index (χ0n) is 85.4. The standard InChI is InChI=1S/C97H141IN10O35S4/c1-18-20-21-22-23-26-65(74-60(97(126,51(5)6)45-64(111)78(74)105-95(125)134-17)35-40-144-146-96(11,12)46-68(113)100-37-41-147(127,128)129)140-92-85(80(117)77(53(8)138-92)106-143-72-43-63(110)87(55(10)137-72)145-90(122)73-52(7)75(98)83(86(133-16)82(73)131-14)142-91-81(118)84(132-15)79(116)54(9)139-91)141-71-44-66(130-13)61(49-135-71)108(19-2)70(115)47-102-94(124)136-48-56-27-29-59(30-28-56)103-88(119)58(25-24-36-101-93(99)123)42-62(109)76(50(3)4)104-67(112)31-32-69(114)107-38-33-57(34-39-107)89(120)121/h21-22,27-30,35,50-51,53-55,57-58,61,63,65-66,71-72,74,76-81,84-85,87,91-92,106,110,116-118,126H,19,24-25,31-34,36-49H2,1-17H3,(H,100,113)(H,102,124)(H,103,119)(H,104,112)(H,105,125)(H,120,121)(H3,99,101,123)(H,127,128,129)/b22-21-,60-35+/t53?,54?,55?,58-,61?,63?,65+,66?,71?,72?,74?,76+,77?,78?,79?,80?,81?,84?,85?,87?,91?,92?,97-/m1/s1. The van der Waals surface area contributed by atoms with Crippen LogP contribution in [0, 0.1) is 63.8 Å². The number of amides is 9. The van der Waals surface area contributed by atoms with E-state index in [-0.39, 0.29) is 137 Å². The van der Waals surface area contributed by atoms with Crippen LogP contribution < -0.4 is 57.3 Å². The first-order valence-corrected chi connectivity index (χ1v) is 54.1. The van der Waals surface area contributed by atoms with Gasteiger partial charge in [0.15, 0.2) is 41.9 Å². The number of hydrogen-bond donors (Lipinski definition) is 15. The number of anilines is 1. The molecular weight excluding hydrogens is 2120 g/mol. The maximum Gasteiger partial charge on any atom is 0.407 e. The average molecular weight is 2260 g/mol. The van der Waals surface area contributed by atoms with Gasteiger partial charge in [-0.1, -0.05) is 97.0 Å². The summed E-state index contributed by atoms with van der Waals surface area (Å²) < 4.78 is 111. The summed E-state index contributed by atoms with van der Waals surface area (Å²) in [4.78, 5) is 171. The van der Waals surface area contributed by atoms with Crippen LogP contribution in [0.25, 0.3) is 0 Å². The number of hydrogen-bond acceptors (Lipinski definition) is 37. The van der Waals surface area contributed by atoms with Crippen molar-refractivity contribution in [2.45, 2.75) is 292 Å². The SMILES string of the molecule is CC#C/C=C\C#C[C@H](OC1OC(C)C(NOC2CC(O)C(SC(=O)c3c(C)c(I)c(OC4OC(C)C(O)C(OC)C4O)c(OC)c3OC)C(C)O2)C(O)C1OC1CC(OC)C(N(CC)C(=O)CNC(=O)OCc2ccc(NC(=O)[C@H](CCCNC(N)=O)CC(=O)[C@@H](NC(=O)CCC(=O)N3CCC(C(=O)O)CC3)C(C)C)cc2)CO1)C1/C(=C\CSSC(C)(C)CC(=O)NCCS(=O)(=O)O)[C@](O)(C(C)C)CC(=O)C1NC(=O)OC. The Morgan fingerprint density at radius 2 is 1.49 bits per heavy atom. The third-order valence-electron chi connectivity index (χ3n) is 26.0. The van der Waals surface area contributed by atoms with Crippen LogP contribution in [0.5, 0.6) is 17.2 Å². The van der Waals surface area contributed by atoms with Crippen molar-refractivity contribution in [1.29, 1.82) is 0 Å². The number of carboxylic acids is 1. The van der Waals surface area contributed by atoms with Gasteiger partial charge in [-0.15, -0.1) is 5.92 Å². The predicted octanol–water partition coefficient (Wildman–Crippen LogP) is 4.86. The molecule has 0 aromatic heterocycles. The van der Waals surface area contributed by atoms with Crippen LogP contribution in [-0.4, -0.2) is 349 Å². The molecule has 19 unspecified atom stereocenters. The lowest BCUT2D eigenvalue weighted by atomic mass is 9.64. The molecule has 1 aliphatic carbocycles. The summed E-state index contributed by atoms with van der Waals surface area (Å²) in [6.07, 6.45) is -18.5. The second-order valence-electron chi connectivity index (χ2n) is 37.5. The number of likely N-dealkylation sites (N-methyl/N-ethyl adjacent to an activating group) is 1. The molecule has 6 fully saturated rings. The van der Waals surface area contributed by atoms with Crippen molar-refractivity contribution in [2.75, 3.05) is 98.2 Å². The summed E-state index contributed by atoms with van der Waals surface area (Å²) in [5, 5.41) is 83.7. The first kappa shape index (κ1) is 123. The van der Waals surface area contributed by atoms with Gasteiger partial charge >= 0.3 is 24.2 Å². The topological polar surface area (TPSA) is 627 Å². The van der Waals surface area contributed by atoms with Gasteiger partial charge in [0.25, 0.3) is 10.1 Å². The van der Waals surface area contributed by atoms with Crippen LogP contribution in [0.3, 0.4) is 0 Å². The average Bonchev–Trinajstić information content (AvgIpc) is 0.758. The Bertz CT molecular complexity index is 5160. The molecule has 6 aliphatic rings. The number of urea groups is 1. The number of thioether (sulfide) groups is 1. The van der Waals surface area contributed by atoms with E-state index in [1.807, 2.05) is 22.6 Å². The molecule has 0 bridgehead atoms. The monoisotopic (exact) mass is 2260 g/mol. The molecule has 0 radical (unpaired) electrons. The summed E-state index contributed by atoms with van der Waals surface area (Å²) >= 11 is 2.71. The molecule has 1 saturated carbocycles. The molecule has 5 saturated heterocycles. The molecule has 147 heavy (non-hydrogen) atoms. The number of aliphatic hydroxyl groups excluding tert-OH is 4. The number of benzene rings is 2. The molecule has 0 spiro atoms. The van der Waals surface area contributed by atoms with Crippen molar-refractivity contribution in [3.8, 4) is 40.9 Å². The smallest absolute Gasteiger partial charge is 0.407 e. The number of aliphatic hydroxyl groups is 5. The van der Waals surface area contributed by atoms with Crippen molar-refractivity contribution in [3.63, 3.8) is 0 Å². The van der Waals surface area contributed by atoms with Gasteiger partial charge in [0.2, 0.25) is 46.7 Å². The molecule has 16 N–H and O–H groups in total. The zero-order chi connectivity index (χ0) is 109. The van der Waals surface area contributed by atoms with Gasteiger partial charge in [-0.05, 0) is 156 Å². The molecule has 2 aromatic rings. The van der Waals surface area contributed by atoms with Gasteiger partial charge in [-0.2, -0.15) is 13.9 Å². The van der Waals surface area contributed by atoms with Crippen LogP contribution in [0.2, 0.25) is 0 Å². The maximum absolute atomic E-state index is 15.0. The van der Waals surface area contributed by atoms with E-state index in [0.717, 1.165) is 18.9 Å². The Morgan fingerprint density at radius 1 is 0.810 bits per heavy atom. The number of primary amides is 1. The first-order chi connectivity index (χ1) is 69.5. The largest absolute Gasteiger partial charge is 0.492 e. The first-order valence-electron chi connectivity index (χ1n) is 48.2. The summed E-state index contributed by atoms with van der Waals surface area (Å²) in [6, 6.07) is 0.563. The molecule has 8 rings (SSSR count). The number of carboxylic acid groups (broad SMARTS) is 1. The van der Waals surface area contributed by atoms with E-state index < -0.39 is 255 Å². The molecule has 2 aromatic carbocycles. The van der Waals surface area contributed by atoms with E-state index in [4.69, 9.17) is 72.2 Å². The molecule has 9 amide bonds. The van der Waals surface area contributed by atoms with Gasteiger partial charge in [-0.3, -0.25) is 52.5 Å². The normalized spacial score (nSPS) is 26.9. The number of piperidine rings is 1. The van der Waals surface area contributed by atoms with Crippen LogP contribution in [0.1, 0.15) is 168 Å². The van der Waals surface area contributed by atoms with Crippen molar-refractivity contribution in [2.24, 2.45) is 35.3 Å². The van der Waals surface area contributed by atoms with E-state index in [2.05, 4.69) is 61.1 Å². The highest BCUT2D eigenvalue weighted by Crippen LogP contribution is 2.51. The van der Waals surface area contributed by atoms with Crippen LogP contribution >= 0.6 is 55.9 Å². The molecule has 45 nitrogen and oxygen atoms in total. The third kappa shape index (κ3) is 35.1. The number of carbonyl (C=O) groups is 12. The second kappa shape index (κ2) is 58.1. The number of ether oxygens (including phenoxy) is 13. The number of rotatable bonds is 48. The fourth-order valence-electron chi connectivity index (χ4n) is 17.9. The summed E-state index contributed by atoms with van der Waals surface area (Å²) in [5.41, 5.74) is 7.47. The fourth-order valence-corrected chi connectivity index (χ4v) is 22.4. The van der Waals surface area contributed by atoms with Gasteiger partial charge in [0, 0.05) is 120 Å². The molecule has 50 heteroatoms. The number of Topliss-reactive ketones (excluding diaryl/α,β-unsaturated/α-hetero) is 2. The number of ketones is 2. The molecule has 820 valence electrons. The highest BCUT2D eigenvalue weighted by atomic mass is 127. The Kier molecular flexibility index (Phi) is 48.8. The van der Waals surface area contributed by atoms with Gasteiger partial charge < -0.3 is 140 Å². The number of alkyl carbamates (subject to hydrolysis) is 2. The number of likely N-dealkylation sites (tertiary alicyclic amines) is 1. The van der Waals surface area contributed by atoms with E-state index in [0.29, 0.717) is 33.2 Å². The molecule has 23 atom stereocenters. The lowest BCUT2D eigenvalue weighted by Gasteiger charge is -2.49. The number of methoxy groups -OCH3 is 5. The van der Waals surface area contributed by atoms with Crippen molar-refractivity contribution >= 4 is 142 Å². The Morgan fingerprint density at radius 3 is 2.10 bits per heavy atom. The van der Waals surface area contributed by atoms with Crippen molar-refractivity contribution in [1.82, 2.24) is 41.9 Å². The van der Waals surface area contributed by atoms with E-state index in [1.165, 1.54) is 84.1 Å². The molecule has 5 aliphatic heterocycles. The zero-order valence-corrected chi connectivity index (χ0v) is 90.8. The number of halogens is 1. The van der Waals surface area contributed by atoms with Gasteiger partial charge in [0.1, 0.15) is 55.8 Å². The second-order valence-corrected chi connectivity index (χ2v) is 44.3. The number of nitrogens with zero attached hydrogens (tertiary/aromatic N) is 2. The lowest BCUT2D eigenvalue weighted by Crippen LogP contribution is -2.66. The summed E-state index contributed by atoms with van der Waals surface area (Å²) in [7, 11) is 4.56.